The lowest BCUT2D eigenvalue weighted by molar-refractivity contribution is 0.0925. The van der Waals surface area contributed by atoms with E-state index >= 15 is 0 Å². The molecule has 1 rings (SSSR count). The van der Waals surface area contributed by atoms with Crippen LogP contribution >= 0.6 is 11.6 Å². The molecule has 1 atom stereocenters. The van der Waals surface area contributed by atoms with E-state index in [9.17, 15) is 4.79 Å². The van der Waals surface area contributed by atoms with E-state index in [2.05, 4.69) is 5.32 Å². The van der Waals surface area contributed by atoms with Crippen molar-refractivity contribution < 1.29 is 9.90 Å². The molecule has 0 fully saturated rings. The Hall–Kier alpha value is -1.06. The Balaban J connectivity index is 2.44. The van der Waals surface area contributed by atoms with Gasteiger partial charge in [0.2, 0.25) is 0 Å². The predicted molar refractivity (Wildman–Crippen MR) is 55.5 cm³/mol. The Morgan fingerprint density at radius 3 is 2.64 bits per heavy atom. The van der Waals surface area contributed by atoms with Crippen LogP contribution in [0.25, 0.3) is 0 Å². The van der Waals surface area contributed by atoms with E-state index in [4.69, 9.17) is 16.7 Å². The van der Waals surface area contributed by atoms with Crippen LogP contribution in [0.15, 0.2) is 30.3 Å². The topological polar surface area (TPSA) is 49.3 Å². The molecule has 4 heteroatoms. The minimum atomic E-state index is -0.690. The number of hydrogen-bond acceptors (Lipinski definition) is 2. The lowest BCUT2D eigenvalue weighted by Crippen LogP contribution is -2.32. The Kier molecular flexibility index (Phi) is 4.43. The monoisotopic (exact) mass is 213 g/mol. The minimum Gasteiger partial charge on any atom is -0.390 e. The molecule has 76 valence electrons. The van der Waals surface area contributed by atoms with E-state index in [1.54, 1.807) is 24.3 Å². The summed E-state index contributed by atoms with van der Waals surface area (Å²) in [5, 5.41) is 11.7. The van der Waals surface area contributed by atoms with Crippen molar-refractivity contribution in [2.45, 2.75) is 6.10 Å². The molecule has 0 spiro atoms. The van der Waals surface area contributed by atoms with Crippen molar-refractivity contribution in [2.24, 2.45) is 0 Å². The van der Waals surface area contributed by atoms with Crippen LogP contribution in [-0.4, -0.2) is 29.5 Å². The van der Waals surface area contributed by atoms with Crippen molar-refractivity contribution in [3.05, 3.63) is 35.9 Å². The van der Waals surface area contributed by atoms with Gasteiger partial charge in [-0.25, -0.2) is 0 Å². The second-order valence-corrected chi connectivity index (χ2v) is 3.19. The summed E-state index contributed by atoms with van der Waals surface area (Å²) in [6, 6.07) is 8.83. The van der Waals surface area contributed by atoms with Gasteiger partial charge < -0.3 is 10.4 Å². The molecular weight excluding hydrogens is 202 g/mol. The molecular formula is C10H12ClNO2. The molecule has 3 nitrogen and oxygen atoms in total. The highest BCUT2D eigenvalue weighted by Gasteiger charge is 2.06. The first-order valence-corrected chi connectivity index (χ1v) is 4.84. The fourth-order valence-electron chi connectivity index (χ4n) is 0.957. The van der Waals surface area contributed by atoms with Crippen molar-refractivity contribution in [1.29, 1.82) is 0 Å². The number of benzene rings is 1. The first kappa shape index (κ1) is 11.0. The summed E-state index contributed by atoms with van der Waals surface area (Å²) < 4.78 is 0. The molecule has 0 radical (unpaired) electrons. The van der Waals surface area contributed by atoms with Crippen LogP contribution in [0.4, 0.5) is 0 Å². The van der Waals surface area contributed by atoms with Crippen LogP contribution in [-0.2, 0) is 0 Å². The molecule has 0 aromatic heterocycles. The number of aliphatic hydroxyl groups is 1. The molecule has 0 saturated carbocycles. The number of alkyl halides is 1. The first-order valence-electron chi connectivity index (χ1n) is 4.31. The zero-order chi connectivity index (χ0) is 10.4. The van der Waals surface area contributed by atoms with Crippen molar-refractivity contribution in [2.75, 3.05) is 12.4 Å². The number of halogens is 1. The zero-order valence-corrected chi connectivity index (χ0v) is 8.37. The first-order chi connectivity index (χ1) is 6.74. The van der Waals surface area contributed by atoms with Crippen LogP contribution in [0.3, 0.4) is 0 Å². The molecule has 0 bridgehead atoms. The zero-order valence-electron chi connectivity index (χ0n) is 7.61. The van der Waals surface area contributed by atoms with Crippen molar-refractivity contribution >= 4 is 17.5 Å². The van der Waals surface area contributed by atoms with Gasteiger partial charge in [0.05, 0.1) is 12.0 Å². The SMILES string of the molecule is O=C(NC[C@H](O)CCl)c1ccccc1. The standard InChI is InChI=1S/C10H12ClNO2/c11-6-9(13)7-12-10(14)8-4-2-1-3-5-8/h1-5,9,13H,6-7H2,(H,12,14)/t9-/m1/s1. The Bertz CT molecular complexity index is 289. The Labute approximate surface area is 87.7 Å². The van der Waals surface area contributed by atoms with Crippen LogP contribution in [0.2, 0.25) is 0 Å². The van der Waals surface area contributed by atoms with Gasteiger partial charge in [0.15, 0.2) is 0 Å². The molecule has 0 saturated heterocycles. The van der Waals surface area contributed by atoms with Crippen molar-refractivity contribution in [1.82, 2.24) is 5.32 Å². The number of aliphatic hydroxyl groups excluding tert-OH is 1. The van der Waals surface area contributed by atoms with E-state index in [1.807, 2.05) is 6.07 Å². The van der Waals surface area contributed by atoms with Gasteiger partial charge in [0.1, 0.15) is 0 Å². The lowest BCUT2D eigenvalue weighted by atomic mass is 10.2. The molecule has 0 aliphatic rings. The number of carbonyl (C=O) groups is 1. The van der Waals surface area contributed by atoms with Gasteiger partial charge in [-0.05, 0) is 12.1 Å². The summed E-state index contributed by atoms with van der Waals surface area (Å²) in [7, 11) is 0. The summed E-state index contributed by atoms with van der Waals surface area (Å²) in [6.07, 6.45) is -0.690. The molecule has 1 aromatic carbocycles. The van der Waals surface area contributed by atoms with Gasteiger partial charge in [-0.15, -0.1) is 11.6 Å². The van der Waals surface area contributed by atoms with Gasteiger partial charge in [0.25, 0.3) is 5.91 Å². The van der Waals surface area contributed by atoms with E-state index < -0.39 is 6.10 Å². The summed E-state index contributed by atoms with van der Waals surface area (Å²) in [6.45, 7) is 0.178. The molecule has 0 aliphatic heterocycles. The fraction of sp³-hybridized carbons (Fsp3) is 0.300. The van der Waals surface area contributed by atoms with Gasteiger partial charge >= 0.3 is 0 Å². The number of amides is 1. The normalized spacial score (nSPS) is 12.1. The maximum Gasteiger partial charge on any atom is 0.251 e. The Morgan fingerprint density at radius 1 is 1.43 bits per heavy atom. The van der Waals surface area contributed by atoms with Crippen LogP contribution in [0, 0.1) is 0 Å². The predicted octanol–water partition coefficient (Wildman–Crippen LogP) is 1.02. The molecule has 1 amide bonds. The van der Waals surface area contributed by atoms with E-state index in [-0.39, 0.29) is 18.3 Å². The third-order valence-electron chi connectivity index (χ3n) is 1.71. The average molecular weight is 214 g/mol. The third kappa shape index (κ3) is 3.36. The molecule has 14 heavy (non-hydrogen) atoms. The summed E-state index contributed by atoms with van der Waals surface area (Å²) >= 11 is 5.38. The average Bonchev–Trinajstić information content (AvgIpc) is 2.26. The van der Waals surface area contributed by atoms with Gasteiger partial charge in [0, 0.05) is 12.1 Å². The van der Waals surface area contributed by atoms with Crippen LogP contribution in [0.1, 0.15) is 10.4 Å². The maximum atomic E-state index is 11.4. The van der Waals surface area contributed by atoms with Gasteiger partial charge in [-0.1, -0.05) is 18.2 Å². The van der Waals surface area contributed by atoms with E-state index in [1.165, 1.54) is 0 Å². The fourth-order valence-corrected chi connectivity index (χ4v) is 1.07. The highest BCUT2D eigenvalue weighted by molar-refractivity contribution is 6.18. The van der Waals surface area contributed by atoms with Crippen LogP contribution in [0.5, 0.6) is 0 Å². The largest absolute Gasteiger partial charge is 0.390 e. The molecule has 0 unspecified atom stereocenters. The maximum absolute atomic E-state index is 11.4. The second kappa shape index (κ2) is 5.62. The van der Waals surface area contributed by atoms with Crippen molar-refractivity contribution in [3.63, 3.8) is 0 Å². The van der Waals surface area contributed by atoms with E-state index in [0.29, 0.717) is 5.56 Å². The highest BCUT2D eigenvalue weighted by atomic mass is 35.5. The molecule has 0 heterocycles. The number of carbonyl (C=O) groups excluding carboxylic acids is 1. The van der Waals surface area contributed by atoms with E-state index in [0.717, 1.165) is 0 Å². The van der Waals surface area contributed by atoms with Gasteiger partial charge in [-0.3, -0.25) is 4.79 Å². The van der Waals surface area contributed by atoms with Gasteiger partial charge in [-0.2, -0.15) is 0 Å². The number of nitrogens with one attached hydrogen (secondary N) is 1. The number of hydrogen-bond donors (Lipinski definition) is 2. The second-order valence-electron chi connectivity index (χ2n) is 2.88. The summed E-state index contributed by atoms with van der Waals surface area (Å²) in [4.78, 5) is 11.4. The highest BCUT2D eigenvalue weighted by Crippen LogP contribution is 1.97. The quantitative estimate of drug-likeness (QED) is 0.734. The van der Waals surface area contributed by atoms with Crippen molar-refractivity contribution in [3.8, 4) is 0 Å². The summed E-state index contributed by atoms with van der Waals surface area (Å²) in [5.41, 5.74) is 0.578. The summed E-state index contributed by atoms with van der Waals surface area (Å²) in [5.74, 6) is -0.0792. The number of rotatable bonds is 4. The molecule has 0 aliphatic carbocycles. The third-order valence-corrected chi connectivity index (χ3v) is 2.07. The van der Waals surface area contributed by atoms with Crippen LogP contribution < -0.4 is 5.32 Å². The molecule has 2 N–H and O–H groups in total. The molecule has 1 aromatic rings. The lowest BCUT2D eigenvalue weighted by Gasteiger charge is -2.08. The minimum absolute atomic E-state index is 0.120. The smallest absolute Gasteiger partial charge is 0.251 e. The Morgan fingerprint density at radius 2 is 2.07 bits per heavy atom.